The fourth-order valence-corrected chi connectivity index (χ4v) is 1.99. The van der Waals surface area contributed by atoms with Crippen LogP contribution in [0.3, 0.4) is 0 Å². The number of likely N-dealkylation sites (tertiary alicyclic amines) is 1. The topological polar surface area (TPSA) is 103 Å². The summed E-state index contributed by atoms with van der Waals surface area (Å²) in [6, 6.07) is 3.10. The minimum absolute atomic E-state index is 0.0538. The maximum absolute atomic E-state index is 12.1. The number of aliphatic hydroxyl groups is 2. The fourth-order valence-electron chi connectivity index (χ4n) is 1.99. The Morgan fingerprint density at radius 1 is 1.28 bits per heavy atom. The van der Waals surface area contributed by atoms with Crippen molar-refractivity contribution >= 4 is 11.9 Å². The first kappa shape index (κ1) is 12.6. The molecule has 0 spiro atoms. The summed E-state index contributed by atoms with van der Waals surface area (Å²) < 4.78 is 1.32. The van der Waals surface area contributed by atoms with Gasteiger partial charge in [-0.15, -0.1) is 0 Å². The van der Waals surface area contributed by atoms with E-state index in [1.165, 1.54) is 21.7 Å². The molecule has 1 saturated heterocycles. The van der Waals surface area contributed by atoms with E-state index in [2.05, 4.69) is 0 Å². The van der Waals surface area contributed by atoms with E-state index >= 15 is 0 Å². The van der Waals surface area contributed by atoms with Crippen molar-refractivity contribution < 1.29 is 24.9 Å². The van der Waals surface area contributed by atoms with E-state index in [9.17, 15) is 19.8 Å². The van der Waals surface area contributed by atoms with E-state index in [1.807, 2.05) is 0 Å². The molecule has 1 amide bonds. The van der Waals surface area contributed by atoms with Crippen LogP contribution < -0.4 is 0 Å². The zero-order chi connectivity index (χ0) is 13.3. The Morgan fingerprint density at radius 3 is 2.44 bits per heavy atom. The predicted octanol–water partition coefficient (Wildman–Crippen LogP) is -1.25. The molecule has 1 aliphatic rings. The average molecular weight is 254 g/mol. The van der Waals surface area contributed by atoms with E-state index < -0.39 is 24.1 Å². The quantitative estimate of drug-likeness (QED) is 0.625. The van der Waals surface area contributed by atoms with Crippen molar-refractivity contribution in [1.29, 1.82) is 0 Å². The first-order valence-electron chi connectivity index (χ1n) is 5.51. The summed E-state index contributed by atoms with van der Waals surface area (Å²) >= 11 is 0. The van der Waals surface area contributed by atoms with Crippen LogP contribution in [0.25, 0.3) is 0 Å². The van der Waals surface area contributed by atoms with Gasteiger partial charge in [0.05, 0.1) is 12.2 Å². The average Bonchev–Trinajstić information content (AvgIpc) is 2.85. The molecule has 7 heteroatoms. The molecular weight excluding hydrogens is 240 g/mol. The van der Waals surface area contributed by atoms with Gasteiger partial charge in [0, 0.05) is 19.3 Å². The molecule has 0 bridgehead atoms. The highest BCUT2D eigenvalue weighted by atomic mass is 16.4. The molecule has 2 unspecified atom stereocenters. The van der Waals surface area contributed by atoms with Gasteiger partial charge in [-0.25, -0.2) is 0 Å². The van der Waals surface area contributed by atoms with Crippen molar-refractivity contribution in [2.45, 2.75) is 18.8 Å². The van der Waals surface area contributed by atoms with Gasteiger partial charge >= 0.3 is 5.97 Å². The number of carbonyl (C=O) groups excluding carboxylic acids is 1. The van der Waals surface area contributed by atoms with Crippen LogP contribution in [0.2, 0.25) is 0 Å². The second kappa shape index (κ2) is 4.79. The molecule has 7 nitrogen and oxygen atoms in total. The molecule has 2 atom stereocenters. The number of hydrogen-bond donors (Lipinski definition) is 3. The van der Waals surface area contributed by atoms with E-state index in [1.54, 1.807) is 6.07 Å². The molecule has 1 aromatic rings. The van der Waals surface area contributed by atoms with Gasteiger partial charge in [0.25, 0.3) is 5.91 Å². The molecule has 0 saturated carbocycles. The predicted molar refractivity (Wildman–Crippen MR) is 60.0 cm³/mol. The van der Waals surface area contributed by atoms with Crippen LogP contribution in [0.5, 0.6) is 0 Å². The van der Waals surface area contributed by atoms with Crippen LogP contribution in [-0.4, -0.2) is 62.0 Å². The number of carbonyl (C=O) groups is 2. The number of aliphatic carboxylic acids is 1. The molecule has 2 heterocycles. The van der Waals surface area contributed by atoms with Crippen molar-refractivity contribution in [3.8, 4) is 0 Å². The number of carboxylic acids is 1. The third kappa shape index (κ3) is 2.36. The highest BCUT2D eigenvalue weighted by Crippen LogP contribution is 2.14. The van der Waals surface area contributed by atoms with Crippen LogP contribution in [0.15, 0.2) is 18.3 Å². The van der Waals surface area contributed by atoms with Crippen molar-refractivity contribution in [3.05, 3.63) is 24.0 Å². The molecule has 1 aliphatic heterocycles. The number of rotatable bonds is 3. The summed E-state index contributed by atoms with van der Waals surface area (Å²) in [5.74, 6) is -1.43. The van der Waals surface area contributed by atoms with Gasteiger partial charge in [0.15, 0.2) is 0 Å². The van der Waals surface area contributed by atoms with Gasteiger partial charge in [-0.2, -0.15) is 0 Å². The molecule has 98 valence electrons. The molecule has 1 fully saturated rings. The maximum atomic E-state index is 12.1. The molecule has 0 radical (unpaired) electrons. The van der Waals surface area contributed by atoms with Crippen molar-refractivity contribution in [1.82, 2.24) is 9.47 Å². The number of β-amino-alcohol motifs (C(OH)–C–C–N with tert-alkyl or cyclic N) is 2. The summed E-state index contributed by atoms with van der Waals surface area (Å²) in [4.78, 5) is 24.0. The Morgan fingerprint density at radius 2 is 1.89 bits per heavy atom. The van der Waals surface area contributed by atoms with Crippen LogP contribution >= 0.6 is 0 Å². The molecule has 2 rings (SSSR count). The first-order valence-corrected chi connectivity index (χ1v) is 5.51. The van der Waals surface area contributed by atoms with Gasteiger partial charge in [-0.05, 0) is 12.1 Å². The van der Waals surface area contributed by atoms with E-state index in [0.29, 0.717) is 0 Å². The Labute approximate surface area is 103 Å². The fraction of sp³-hybridized carbons (Fsp3) is 0.455. The SMILES string of the molecule is O=C(O)Cn1cccc1C(=O)N1CC(O)C(O)C1. The standard InChI is InChI=1S/C11H14N2O5/c14-8-4-13(5-9(8)15)11(18)7-2-1-3-12(7)6-10(16)17/h1-3,8-9,14-15H,4-6H2,(H,16,17). The smallest absolute Gasteiger partial charge is 0.323 e. The number of carboxylic acid groups (broad SMARTS) is 1. The number of aromatic nitrogens is 1. The normalized spacial score (nSPS) is 23.3. The minimum Gasteiger partial charge on any atom is -0.480 e. The molecule has 18 heavy (non-hydrogen) atoms. The van der Waals surface area contributed by atoms with E-state index in [0.717, 1.165) is 0 Å². The summed E-state index contributed by atoms with van der Waals surface area (Å²) in [5.41, 5.74) is 0.235. The van der Waals surface area contributed by atoms with Gasteiger partial charge in [0.1, 0.15) is 12.2 Å². The monoisotopic (exact) mass is 254 g/mol. The number of aliphatic hydroxyl groups excluding tert-OH is 2. The van der Waals surface area contributed by atoms with Gasteiger partial charge in [-0.1, -0.05) is 0 Å². The number of amides is 1. The Kier molecular flexibility index (Phi) is 3.35. The van der Waals surface area contributed by atoms with Crippen LogP contribution in [-0.2, 0) is 11.3 Å². The van der Waals surface area contributed by atoms with E-state index in [4.69, 9.17) is 5.11 Å². The Bertz CT molecular complexity index is 460. The zero-order valence-electron chi connectivity index (χ0n) is 9.56. The first-order chi connectivity index (χ1) is 8.49. The molecule has 0 aromatic carbocycles. The zero-order valence-corrected chi connectivity index (χ0v) is 9.56. The van der Waals surface area contributed by atoms with Gasteiger partial charge in [0.2, 0.25) is 0 Å². The lowest BCUT2D eigenvalue weighted by Crippen LogP contribution is -2.32. The molecule has 3 N–H and O–H groups in total. The lowest BCUT2D eigenvalue weighted by Gasteiger charge is -2.16. The second-order valence-electron chi connectivity index (χ2n) is 4.26. The third-order valence-corrected chi connectivity index (χ3v) is 2.90. The Balaban J connectivity index is 2.14. The number of nitrogens with zero attached hydrogens (tertiary/aromatic N) is 2. The van der Waals surface area contributed by atoms with Crippen LogP contribution in [0.1, 0.15) is 10.5 Å². The van der Waals surface area contributed by atoms with E-state index in [-0.39, 0.29) is 25.3 Å². The van der Waals surface area contributed by atoms with Gasteiger partial charge in [-0.3, -0.25) is 9.59 Å². The highest BCUT2D eigenvalue weighted by molar-refractivity contribution is 5.93. The minimum atomic E-state index is -1.04. The third-order valence-electron chi connectivity index (χ3n) is 2.90. The number of hydrogen-bond acceptors (Lipinski definition) is 4. The molecule has 1 aromatic heterocycles. The summed E-state index contributed by atoms with van der Waals surface area (Å²) in [6.07, 6.45) is -0.391. The van der Waals surface area contributed by atoms with Crippen molar-refractivity contribution in [2.75, 3.05) is 13.1 Å². The largest absolute Gasteiger partial charge is 0.480 e. The summed E-state index contributed by atoms with van der Waals surface area (Å²) in [6.45, 7) is -0.191. The second-order valence-corrected chi connectivity index (χ2v) is 4.26. The van der Waals surface area contributed by atoms with Gasteiger partial charge < -0.3 is 24.8 Å². The van der Waals surface area contributed by atoms with Crippen LogP contribution in [0, 0.1) is 0 Å². The highest BCUT2D eigenvalue weighted by Gasteiger charge is 2.33. The lowest BCUT2D eigenvalue weighted by atomic mass is 10.3. The van der Waals surface area contributed by atoms with Crippen LogP contribution in [0.4, 0.5) is 0 Å². The summed E-state index contributed by atoms with van der Waals surface area (Å²) in [7, 11) is 0. The maximum Gasteiger partial charge on any atom is 0.323 e. The lowest BCUT2D eigenvalue weighted by molar-refractivity contribution is -0.137. The van der Waals surface area contributed by atoms with Crippen molar-refractivity contribution in [3.63, 3.8) is 0 Å². The summed E-state index contributed by atoms with van der Waals surface area (Å²) in [5, 5.41) is 27.5. The van der Waals surface area contributed by atoms with Crippen molar-refractivity contribution in [2.24, 2.45) is 0 Å². The Hall–Kier alpha value is -1.86. The molecule has 0 aliphatic carbocycles. The molecular formula is C11H14N2O5.